The highest BCUT2D eigenvalue weighted by molar-refractivity contribution is 9.10. The molecule has 29 heavy (non-hydrogen) atoms. The molecule has 0 unspecified atom stereocenters. The fraction of sp³-hybridized carbons (Fsp3) is 0.364. The third kappa shape index (κ3) is 7.05. The highest BCUT2D eigenvalue weighted by atomic mass is 79.9. The van der Waals surface area contributed by atoms with E-state index in [0.717, 1.165) is 17.5 Å². The van der Waals surface area contributed by atoms with Crippen molar-refractivity contribution in [1.82, 2.24) is 10.2 Å². The highest BCUT2D eigenvalue weighted by Gasteiger charge is 2.26. The van der Waals surface area contributed by atoms with Gasteiger partial charge in [0.1, 0.15) is 11.8 Å². The van der Waals surface area contributed by atoms with E-state index in [1.165, 1.54) is 0 Å². The number of amides is 2. The number of hydrogen-bond acceptors (Lipinski definition) is 3. The standard InChI is InChI=1S/C22H26BrClN2O3/c1-4-11-25-22(28)16(3)26(13-17-7-5-15(2)6-8-17)21(27)14-29-20-10-9-18(24)12-19(20)23/h5-10,12,16H,4,11,13-14H2,1-3H3,(H,25,28)/t16-/m0/s1. The molecule has 0 aromatic heterocycles. The van der Waals surface area contributed by atoms with Crippen LogP contribution in [0, 0.1) is 6.92 Å². The Balaban J connectivity index is 2.14. The maximum atomic E-state index is 13.0. The lowest BCUT2D eigenvalue weighted by Gasteiger charge is -2.29. The Labute approximate surface area is 185 Å². The number of carbonyl (C=O) groups is 2. The van der Waals surface area contributed by atoms with Crippen molar-refractivity contribution in [2.24, 2.45) is 0 Å². The molecule has 0 saturated carbocycles. The number of nitrogens with zero attached hydrogens (tertiary/aromatic N) is 1. The Morgan fingerprint density at radius 1 is 1.21 bits per heavy atom. The molecule has 0 fully saturated rings. The van der Waals surface area contributed by atoms with E-state index in [0.29, 0.717) is 28.3 Å². The number of aryl methyl sites for hydroxylation is 1. The van der Waals surface area contributed by atoms with Crippen LogP contribution in [0.2, 0.25) is 5.02 Å². The van der Waals surface area contributed by atoms with Crippen LogP contribution in [0.15, 0.2) is 46.9 Å². The molecule has 5 nitrogen and oxygen atoms in total. The van der Waals surface area contributed by atoms with E-state index in [1.807, 2.05) is 38.1 Å². The predicted octanol–water partition coefficient (Wildman–Crippen LogP) is 4.73. The van der Waals surface area contributed by atoms with Gasteiger partial charge in [-0.2, -0.15) is 0 Å². The van der Waals surface area contributed by atoms with Gasteiger partial charge in [-0.1, -0.05) is 48.4 Å². The Morgan fingerprint density at radius 3 is 2.52 bits per heavy atom. The minimum absolute atomic E-state index is 0.181. The maximum Gasteiger partial charge on any atom is 0.261 e. The molecule has 1 atom stereocenters. The van der Waals surface area contributed by atoms with Crippen LogP contribution in [0.4, 0.5) is 0 Å². The van der Waals surface area contributed by atoms with Gasteiger partial charge < -0.3 is 15.0 Å². The summed E-state index contributed by atoms with van der Waals surface area (Å²) in [5.41, 5.74) is 2.09. The van der Waals surface area contributed by atoms with Gasteiger partial charge in [-0.05, 0) is 60.0 Å². The molecule has 2 rings (SSSR count). The van der Waals surface area contributed by atoms with Gasteiger partial charge in [0, 0.05) is 18.1 Å². The summed E-state index contributed by atoms with van der Waals surface area (Å²) in [6, 6.07) is 12.4. The zero-order chi connectivity index (χ0) is 21.4. The zero-order valence-electron chi connectivity index (χ0n) is 16.9. The second-order valence-electron chi connectivity index (χ2n) is 6.84. The van der Waals surface area contributed by atoms with Gasteiger partial charge in [0.25, 0.3) is 5.91 Å². The fourth-order valence-electron chi connectivity index (χ4n) is 2.68. The first-order valence-electron chi connectivity index (χ1n) is 9.52. The van der Waals surface area contributed by atoms with Gasteiger partial charge >= 0.3 is 0 Å². The Hall–Kier alpha value is -2.05. The van der Waals surface area contributed by atoms with Crippen LogP contribution in [0.5, 0.6) is 5.75 Å². The lowest BCUT2D eigenvalue weighted by molar-refractivity contribution is -0.142. The number of nitrogens with one attached hydrogen (secondary N) is 1. The minimum atomic E-state index is -0.618. The van der Waals surface area contributed by atoms with E-state index in [1.54, 1.807) is 30.0 Å². The first-order chi connectivity index (χ1) is 13.8. The van der Waals surface area contributed by atoms with Crippen molar-refractivity contribution < 1.29 is 14.3 Å². The van der Waals surface area contributed by atoms with E-state index < -0.39 is 6.04 Å². The molecular weight excluding hydrogens is 456 g/mol. The van der Waals surface area contributed by atoms with E-state index in [2.05, 4.69) is 21.2 Å². The Morgan fingerprint density at radius 2 is 1.90 bits per heavy atom. The van der Waals surface area contributed by atoms with E-state index in [-0.39, 0.29) is 18.4 Å². The highest BCUT2D eigenvalue weighted by Crippen LogP contribution is 2.28. The van der Waals surface area contributed by atoms with Crippen LogP contribution >= 0.6 is 27.5 Å². The van der Waals surface area contributed by atoms with Crippen molar-refractivity contribution in [3.63, 3.8) is 0 Å². The van der Waals surface area contributed by atoms with Crippen LogP contribution in [0.1, 0.15) is 31.4 Å². The van der Waals surface area contributed by atoms with Crippen LogP contribution in [-0.2, 0) is 16.1 Å². The van der Waals surface area contributed by atoms with Crippen molar-refractivity contribution in [3.05, 3.63) is 63.1 Å². The molecule has 0 spiro atoms. The molecule has 0 aliphatic carbocycles. The summed E-state index contributed by atoms with van der Waals surface area (Å²) in [7, 11) is 0. The van der Waals surface area contributed by atoms with Crippen LogP contribution in [0.25, 0.3) is 0 Å². The normalized spacial score (nSPS) is 11.6. The van der Waals surface area contributed by atoms with E-state index in [9.17, 15) is 9.59 Å². The molecule has 156 valence electrons. The Bertz CT molecular complexity index is 842. The molecule has 0 heterocycles. The first kappa shape index (κ1) is 23.2. The second kappa shape index (κ2) is 11.2. The van der Waals surface area contributed by atoms with Crippen molar-refractivity contribution in [2.45, 2.75) is 39.8 Å². The summed E-state index contributed by atoms with van der Waals surface area (Å²) in [4.78, 5) is 27.0. The number of hydrogen-bond donors (Lipinski definition) is 1. The summed E-state index contributed by atoms with van der Waals surface area (Å²) in [6.45, 7) is 6.44. The van der Waals surface area contributed by atoms with Crippen LogP contribution in [0.3, 0.4) is 0 Å². The van der Waals surface area contributed by atoms with Gasteiger partial charge in [0.2, 0.25) is 5.91 Å². The van der Waals surface area contributed by atoms with Crippen molar-refractivity contribution in [1.29, 1.82) is 0 Å². The van der Waals surface area contributed by atoms with Gasteiger partial charge in [-0.25, -0.2) is 0 Å². The second-order valence-corrected chi connectivity index (χ2v) is 8.13. The van der Waals surface area contributed by atoms with E-state index in [4.69, 9.17) is 16.3 Å². The number of halogens is 2. The fourth-order valence-corrected chi connectivity index (χ4v) is 3.48. The van der Waals surface area contributed by atoms with Gasteiger partial charge in [0.05, 0.1) is 4.47 Å². The largest absolute Gasteiger partial charge is 0.483 e. The minimum Gasteiger partial charge on any atom is -0.483 e. The molecule has 7 heteroatoms. The third-order valence-electron chi connectivity index (χ3n) is 4.44. The molecule has 0 aliphatic heterocycles. The quantitative estimate of drug-likeness (QED) is 0.563. The maximum absolute atomic E-state index is 13.0. The Kier molecular flexibility index (Phi) is 8.99. The molecule has 1 N–H and O–H groups in total. The predicted molar refractivity (Wildman–Crippen MR) is 119 cm³/mol. The van der Waals surface area contributed by atoms with Crippen molar-refractivity contribution >= 4 is 39.3 Å². The molecule has 2 aromatic rings. The summed E-state index contributed by atoms with van der Waals surface area (Å²) in [6.07, 6.45) is 0.831. The van der Waals surface area contributed by atoms with Gasteiger partial charge in [0.15, 0.2) is 6.61 Å². The molecule has 0 aliphatic rings. The van der Waals surface area contributed by atoms with Gasteiger partial charge in [-0.3, -0.25) is 9.59 Å². The monoisotopic (exact) mass is 480 g/mol. The number of carbonyl (C=O) groups excluding carboxylic acids is 2. The van der Waals surface area contributed by atoms with E-state index >= 15 is 0 Å². The van der Waals surface area contributed by atoms with Crippen LogP contribution in [-0.4, -0.2) is 35.9 Å². The third-order valence-corrected chi connectivity index (χ3v) is 5.29. The van der Waals surface area contributed by atoms with Gasteiger partial charge in [-0.15, -0.1) is 0 Å². The molecule has 0 saturated heterocycles. The molecule has 0 radical (unpaired) electrons. The topological polar surface area (TPSA) is 58.6 Å². The number of ether oxygens (including phenoxy) is 1. The SMILES string of the molecule is CCCNC(=O)[C@H](C)N(Cc1ccc(C)cc1)C(=O)COc1ccc(Cl)cc1Br. The molecule has 2 amide bonds. The molecular formula is C22H26BrClN2O3. The lowest BCUT2D eigenvalue weighted by atomic mass is 10.1. The number of rotatable bonds is 9. The first-order valence-corrected chi connectivity index (χ1v) is 10.7. The summed E-state index contributed by atoms with van der Waals surface area (Å²) in [5.74, 6) is 0.0627. The van der Waals surface area contributed by atoms with Crippen LogP contribution < -0.4 is 10.1 Å². The molecule has 2 aromatic carbocycles. The smallest absolute Gasteiger partial charge is 0.261 e. The average molecular weight is 482 g/mol. The molecule has 0 bridgehead atoms. The lowest BCUT2D eigenvalue weighted by Crippen LogP contribution is -2.49. The van der Waals surface area contributed by atoms with Crippen molar-refractivity contribution in [2.75, 3.05) is 13.2 Å². The summed E-state index contributed by atoms with van der Waals surface area (Å²) < 4.78 is 6.34. The van der Waals surface area contributed by atoms with Crippen molar-refractivity contribution in [3.8, 4) is 5.75 Å². The number of benzene rings is 2. The zero-order valence-corrected chi connectivity index (χ0v) is 19.2. The average Bonchev–Trinajstić information content (AvgIpc) is 2.70. The summed E-state index contributed by atoms with van der Waals surface area (Å²) in [5, 5.41) is 3.42. The summed E-state index contributed by atoms with van der Waals surface area (Å²) >= 11 is 9.32.